The third-order valence-electron chi connectivity index (χ3n) is 6.20. The van der Waals surface area contributed by atoms with Crippen molar-refractivity contribution in [2.45, 2.75) is 0 Å². The van der Waals surface area contributed by atoms with Gasteiger partial charge < -0.3 is 9.47 Å². The molecule has 0 atom stereocenters. The molecule has 0 spiro atoms. The Bertz CT molecular complexity index is 1620. The second kappa shape index (κ2) is 10.8. The molecule has 0 radical (unpaired) electrons. The average molecular weight is 495 g/mol. The number of para-hydroxylation sites is 2. The first-order valence-corrected chi connectivity index (χ1v) is 12.5. The Morgan fingerprint density at radius 1 is 0.342 bits per heavy atom. The van der Waals surface area contributed by atoms with Crippen LogP contribution < -0.4 is 18.6 Å². The molecule has 38 heavy (non-hydrogen) atoms. The Labute approximate surface area is 222 Å². The number of hydrogen-bond acceptors (Lipinski definition) is 2. The average Bonchev–Trinajstić information content (AvgIpc) is 2.99. The summed E-state index contributed by atoms with van der Waals surface area (Å²) in [4.78, 5) is 0. The lowest BCUT2D eigenvalue weighted by Gasteiger charge is -2.06. The minimum Gasteiger partial charge on any atom is -0.457 e. The number of ether oxygens (including phenoxy) is 2. The molecule has 4 heteroatoms. The highest BCUT2D eigenvalue weighted by molar-refractivity contribution is 5.61. The minimum absolute atomic E-state index is 0.803. The van der Waals surface area contributed by atoms with E-state index in [0.717, 1.165) is 45.5 Å². The fourth-order valence-corrected chi connectivity index (χ4v) is 4.23. The van der Waals surface area contributed by atoms with Crippen molar-refractivity contribution in [1.29, 1.82) is 0 Å². The molecule has 0 fully saturated rings. The van der Waals surface area contributed by atoms with Gasteiger partial charge in [-0.25, -0.2) is 0 Å². The lowest BCUT2D eigenvalue weighted by atomic mass is 10.1. The van der Waals surface area contributed by atoms with Crippen molar-refractivity contribution in [2.75, 3.05) is 0 Å². The first-order valence-electron chi connectivity index (χ1n) is 12.5. The van der Waals surface area contributed by atoms with Crippen LogP contribution in [-0.4, -0.2) is 0 Å². The summed E-state index contributed by atoms with van der Waals surface area (Å²) in [7, 11) is 0. The van der Waals surface area contributed by atoms with E-state index in [9.17, 15) is 0 Å². The normalized spacial score (nSPS) is 10.6. The van der Waals surface area contributed by atoms with E-state index < -0.39 is 0 Å². The predicted octanol–water partition coefficient (Wildman–Crippen LogP) is 7.49. The van der Waals surface area contributed by atoms with Crippen molar-refractivity contribution in [2.24, 2.45) is 0 Å². The Morgan fingerprint density at radius 3 is 1.34 bits per heavy atom. The standard InChI is InChI=1S/C34H26N2O2/c1-3-9-31(10-4-1)37-33-16-14-29(15-17-33)35-22-18-27(19-23-35)28-20-24-36(25-21-28)30-8-7-13-34(26-30)38-32-11-5-2-6-12-32/h1-26H/q+2. The highest BCUT2D eigenvalue weighted by Gasteiger charge is 2.11. The van der Waals surface area contributed by atoms with Crippen LogP contribution in [0.1, 0.15) is 0 Å². The van der Waals surface area contributed by atoms with Crippen molar-refractivity contribution >= 4 is 0 Å². The van der Waals surface area contributed by atoms with E-state index in [0.29, 0.717) is 0 Å². The van der Waals surface area contributed by atoms with Gasteiger partial charge in [-0.1, -0.05) is 42.5 Å². The summed E-state index contributed by atoms with van der Waals surface area (Å²) in [5.74, 6) is 3.27. The Balaban J connectivity index is 1.14. The molecule has 6 rings (SSSR count). The highest BCUT2D eigenvalue weighted by atomic mass is 16.5. The quantitative estimate of drug-likeness (QED) is 0.215. The van der Waals surface area contributed by atoms with Crippen LogP contribution in [0.15, 0.2) is 158 Å². The molecule has 2 aromatic heterocycles. The number of pyridine rings is 2. The maximum Gasteiger partial charge on any atom is 0.214 e. The number of nitrogens with zero attached hydrogens (tertiary/aromatic N) is 2. The maximum atomic E-state index is 5.99. The Morgan fingerprint density at radius 2 is 0.789 bits per heavy atom. The van der Waals surface area contributed by atoms with E-state index in [2.05, 4.69) is 76.4 Å². The molecule has 0 saturated carbocycles. The molecular formula is C34H26N2O2+2. The molecule has 4 aromatic carbocycles. The molecule has 2 heterocycles. The first kappa shape index (κ1) is 23.2. The predicted molar refractivity (Wildman–Crippen MR) is 148 cm³/mol. The molecule has 182 valence electrons. The van der Waals surface area contributed by atoms with Gasteiger partial charge in [0.05, 0.1) is 6.07 Å². The van der Waals surface area contributed by atoms with Gasteiger partial charge in [-0.05, 0) is 53.6 Å². The van der Waals surface area contributed by atoms with Crippen molar-refractivity contribution < 1.29 is 18.6 Å². The van der Waals surface area contributed by atoms with Gasteiger partial charge in [-0.3, -0.25) is 0 Å². The first-order chi connectivity index (χ1) is 18.8. The van der Waals surface area contributed by atoms with Crippen LogP contribution in [0.4, 0.5) is 0 Å². The van der Waals surface area contributed by atoms with E-state index in [1.54, 1.807) is 0 Å². The maximum absolute atomic E-state index is 5.99. The molecule has 0 aliphatic rings. The third kappa shape index (κ3) is 5.45. The summed E-state index contributed by atoms with van der Waals surface area (Å²) in [6.45, 7) is 0. The second-order valence-electron chi connectivity index (χ2n) is 8.81. The molecule has 6 aromatic rings. The van der Waals surface area contributed by atoms with E-state index >= 15 is 0 Å². The van der Waals surface area contributed by atoms with Gasteiger partial charge in [-0.2, -0.15) is 9.13 Å². The highest BCUT2D eigenvalue weighted by Crippen LogP contribution is 2.23. The van der Waals surface area contributed by atoms with E-state index in [4.69, 9.17) is 9.47 Å². The summed E-state index contributed by atoms with van der Waals surface area (Å²) >= 11 is 0. The van der Waals surface area contributed by atoms with Gasteiger partial charge in [-0.15, -0.1) is 0 Å². The minimum atomic E-state index is 0.803. The molecule has 0 unspecified atom stereocenters. The van der Waals surface area contributed by atoms with Gasteiger partial charge in [0.25, 0.3) is 0 Å². The zero-order chi connectivity index (χ0) is 25.6. The summed E-state index contributed by atoms with van der Waals surface area (Å²) in [5.41, 5.74) is 4.41. The fourth-order valence-electron chi connectivity index (χ4n) is 4.23. The molecule has 0 bridgehead atoms. The van der Waals surface area contributed by atoms with Crippen LogP contribution in [0.25, 0.3) is 22.5 Å². The summed E-state index contributed by atoms with van der Waals surface area (Å²) in [6.07, 6.45) is 8.30. The lowest BCUT2D eigenvalue weighted by Crippen LogP contribution is -2.29. The van der Waals surface area contributed by atoms with E-state index in [1.165, 1.54) is 0 Å². The number of benzene rings is 4. The van der Waals surface area contributed by atoms with Gasteiger partial charge in [0, 0.05) is 42.5 Å². The van der Waals surface area contributed by atoms with Crippen LogP contribution in [0, 0.1) is 0 Å². The molecule has 0 saturated heterocycles. The summed E-state index contributed by atoms with van der Waals surface area (Å²) in [6, 6.07) is 44.3. The smallest absolute Gasteiger partial charge is 0.214 e. The molecule has 4 nitrogen and oxygen atoms in total. The summed E-state index contributed by atoms with van der Waals surface area (Å²) in [5, 5.41) is 0. The largest absolute Gasteiger partial charge is 0.457 e. The third-order valence-corrected chi connectivity index (χ3v) is 6.20. The number of rotatable bonds is 7. The van der Waals surface area contributed by atoms with E-state index in [-0.39, 0.29) is 0 Å². The molecule has 0 amide bonds. The van der Waals surface area contributed by atoms with Gasteiger partial charge in [0.2, 0.25) is 11.4 Å². The Hall–Kier alpha value is -5.22. The lowest BCUT2D eigenvalue weighted by molar-refractivity contribution is -0.596. The molecule has 0 aliphatic heterocycles. The zero-order valence-electron chi connectivity index (χ0n) is 20.7. The van der Waals surface area contributed by atoms with Crippen LogP contribution in [-0.2, 0) is 0 Å². The zero-order valence-corrected chi connectivity index (χ0v) is 20.7. The van der Waals surface area contributed by atoms with Crippen molar-refractivity contribution in [1.82, 2.24) is 0 Å². The molecule has 0 N–H and O–H groups in total. The van der Waals surface area contributed by atoms with Crippen molar-refractivity contribution in [3.8, 4) is 45.5 Å². The molecule has 0 aliphatic carbocycles. The summed E-state index contributed by atoms with van der Waals surface area (Å²) < 4.78 is 16.1. The van der Waals surface area contributed by atoms with Gasteiger partial charge >= 0.3 is 0 Å². The fraction of sp³-hybridized carbons (Fsp3) is 0. The van der Waals surface area contributed by atoms with Crippen LogP contribution >= 0.6 is 0 Å². The monoisotopic (exact) mass is 494 g/mol. The van der Waals surface area contributed by atoms with Gasteiger partial charge in [0.1, 0.15) is 23.0 Å². The van der Waals surface area contributed by atoms with Crippen LogP contribution in [0.3, 0.4) is 0 Å². The second-order valence-corrected chi connectivity index (χ2v) is 8.81. The number of hydrogen-bond donors (Lipinski definition) is 0. The molecular weight excluding hydrogens is 468 g/mol. The number of aromatic nitrogens is 2. The SMILES string of the molecule is c1ccc(Oc2ccc(-[n+]3ccc(-c4cc[n+](-c5cccc(Oc6ccccc6)c5)cc4)cc3)cc2)cc1. The van der Waals surface area contributed by atoms with Gasteiger partial charge in [0.15, 0.2) is 24.8 Å². The topological polar surface area (TPSA) is 26.2 Å². The van der Waals surface area contributed by atoms with Crippen molar-refractivity contribution in [3.63, 3.8) is 0 Å². The van der Waals surface area contributed by atoms with Crippen molar-refractivity contribution in [3.05, 3.63) is 158 Å². The van der Waals surface area contributed by atoms with E-state index in [1.807, 2.05) is 91.0 Å². The Kier molecular flexibility index (Phi) is 6.60. The van der Waals surface area contributed by atoms with Crippen LogP contribution in [0.5, 0.6) is 23.0 Å². The van der Waals surface area contributed by atoms with Crippen LogP contribution in [0.2, 0.25) is 0 Å².